The topological polar surface area (TPSA) is 71.5 Å². The van der Waals surface area contributed by atoms with Crippen molar-refractivity contribution in [3.05, 3.63) is 47.4 Å². The smallest absolute Gasteiger partial charge is 0.238 e. The first-order valence-electron chi connectivity index (χ1n) is 6.09. The molecule has 0 aliphatic heterocycles. The van der Waals surface area contributed by atoms with Crippen LogP contribution in [0.15, 0.2) is 41.2 Å². The summed E-state index contributed by atoms with van der Waals surface area (Å²) >= 11 is 5.83. The maximum atomic E-state index is 11.9. The summed E-state index contributed by atoms with van der Waals surface area (Å²) in [6.45, 7) is 0.917. The number of benzene rings is 1. The van der Waals surface area contributed by atoms with Gasteiger partial charge in [-0.15, -0.1) is 0 Å². The molecule has 0 saturated carbocycles. The molecule has 1 heterocycles. The van der Waals surface area contributed by atoms with E-state index in [9.17, 15) is 4.79 Å². The third-order valence-corrected chi connectivity index (χ3v) is 3.07. The number of rotatable bonds is 5. The third-order valence-electron chi connectivity index (χ3n) is 2.73. The number of furan rings is 1. The molecule has 5 nitrogen and oxygen atoms in total. The average Bonchev–Trinajstić information content (AvgIpc) is 2.86. The summed E-state index contributed by atoms with van der Waals surface area (Å²) in [7, 11) is 1.86. The number of hydrogen-bond acceptors (Lipinski definition) is 4. The molecule has 2 rings (SSSR count). The number of nitrogens with zero attached hydrogens (tertiary/aromatic N) is 1. The van der Waals surface area contributed by atoms with Crippen LogP contribution >= 0.6 is 11.6 Å². The van der Waals surface area contributed by atoms with Crippen LogP contribution in [0.3, 0.4) is 0 Å². The molecule has 1 aromatic carbocycles. The lowest BCUT2D eigenvalue weighted by molar-refractivity contribution is -0.117. The highest BCUT2D eigenvalue weighted by atomic mass is 35.5. The molecule has 20 heavy (non-hydrogen) atoms. The minimum atomic E-state index is -0.113. The second-order valence-electron chi connectivity index (χ2n) is 4.59. The molecule has 0 saturated heterocycles. The van der Waals surface area contributed by atoms with Crippen LogP contribution in [0.5, 0.6) is 0 Å². The Bertz CT molecular complexity index is 584. The summed E-state index contributed by atoms with van der Waals surface area (Å²) < 4.78 is 4.99. The van der Waals surface area contributed by atoms with Gasteiger partial charge in [-0.2, -0.15) is 0 Å². The van der Waals surface area contributed by atoms with Crippen molar-refractivity contribution >= 4 is 28.9 Å². The molecule has 0 radical (unpaired) electrons. The Morgan fingerprint density at radius 3 is 2.90 bits per heavy atom. The fraction of sp³-hybridized carbons (Fsp3) is 0.214. The molecule has 6 heteroatoms. The van der Waals surface area contributed by atoms with Crippen LogP contribution in [-0.2, 0) is 11.3 Å². The Labute approximate surface area is 122 Å². The van der Waals surface area contributed by atoms with Crippen molar-refractivity contribution in [1.29, 1.82) is 0 Å². The van der Waals surface area contributed by atoms with Crippen LogP contribution in [-0.4, -0.2) is 24.4 Å². The van der Waals surface area contributed by atoms with E-state index in [1.807, 2.05) is 18.0 Å². The van der Waals surface area contributed by atoms with Gasteiger partial charge in [0.1, 0.15) is 0 Å². The molecule has 0 atom stereocenters. The van der Waals surface area contributed by atoms with Gasteiger partial charge in [-0.1, -0.05) is 11.6 Å². The molecular formula is C14H16ClN3O2. The predicted octanol–water partition coefficient (Wildman–Crippen LogP) is 2.59. The van der Waals surface area contributed by atoms with Gasteiger partial charge in [0.15, 0.2) is 0 Å². The highest BCUT2D eigenvalue weighted by molar-refractivity contribution is 6.33. The van der Waals surface area contributed by atoms with Crippen molar-refractivity contribution < 1.29 is 9.21 Å². The van der Waals surface area contributed by atoms with Gasteiger partial charge in [-0.3, -0.25) is 9.69 Å². The number of hydrogen-bond donors (Lipinski definition) is 2. The number of nitrogens with two attached hydrogens (primary N) is 1. The van der Waals surface area contributed by atoms with E-state index in [-0.39, 0.29) is 12.5 Å². The number of amides is 1. The number of anilines is 2. The number of carbonyl (C=O) groups excluding carboxylic acids is 1. The highest BCUT2D eigenvalue weighted by Gasteiger charge is 2.09. The number of carbonyl (C=O) groups is 1. The molecule has 0 unspecified atom stereocenters. The van der Waals surface area contributed by atoms with E-state index in [1.54, 1.807) is 30.7 Å². The van der Waals surface area contributed by atoms with Crippen molar-refractivity contribution in [2.45, 2.75) is 6.54 Å². The van der Waals surface area contributed by atoms with Gasteiger partial charge < -0.3 is 15.5 Å². The van der Waals surface area contributed by atoms with E-state index >= 15 is 0 Å². The quantitative estimate of drug-likeness (QED) is 0.831. The van der Waals surface area contributed by atoms with E-state index in [0.717, 1.165) is 5.56 Å². The lowest BCUT2D eigenvalue weighted by Crippen LogP contribution is -2.29. The summed E-state index contributed by atoms with van der Waals surface area (Å²) in [6, 6.07) is 6.87. The zero-order valence-electron chi connectivity index (χ0n) is 11.1. The summed E-state index contributed by atoms with van der Waals surface area (Å²) in [4.78, 5) is 13.8. The zero-order valence-corrected chi connectivity index (χ0v) is 11.9. The largest absolute Gasteiger partial charge is 0.472 e. The fourth-order valence-corrected chi connectivity index (χ4v) is 1.93. The van der Waals surface area contributed by atoms with E-state index in [2.05, 4.69) is 5.32 Å². The monoisotopic (exact) mass is 293 g/mol. The Morgan fingerprint density at radius 2 is 2.25 bits per heavy atom. The zero-order chi connectivity index (χ0) is 14.5. The molecule has 0 spiro atoms. The van der Waals surface area contributed by atoms with Gasteiger partial charge in [0.2, 0.25) is 5.91 Å². The third kappa shape index (κ3) is 4.01. The fourth-order valence-electron chi connectivity index (χ4n) is 1.82. The first-order chi connectivity index (χ1) is 9.54. The predicted molar refractivity (Wildman–Crippen MR) is 79.5 cm³/mol. The number of nitrogen functional groups attached to an aromatic ring is 1. The van der Waals surface area contributed by atoms with Crippen molar-refractivity contribution in [2.24, 2.45) is 0 Å². The van der Waals surface area contributed by atoms with Crippen molar-refractivity contribution in [3.8, 4) is 0 Å². The summed E-state index contributed by atoms with van der Waals surface area (Å²) in [5, 5.41) is 3.25. The minimum absolute atomic E-state index is 0.113. The van der Waals surface area contributed by atoms with Gasteiger partial charge in [0.05, 0.1) is 29.8 Å². The molecule has 2 aromatic rings. The SMILES string of the molecule is CN(CC(=O)Nc1ccc(Cl)c(N)c1)Cc1ccoc1. The Balaban J connectivity index is 1.87. The molecule has 0 fully saturated rings. The Morgan fingerprint density at radius 1 is 1.45 bits per heavy atom. The normalized spacial score (nSPS) is 10.8. The first kappa shape index (κ1) is 14.4. The van der Waals surface area contributed by atoms with E-state index in [4.69, 9.17) is 21.8 Å². The van der Waals surface area contributed by atoms with Crippen LogP contribution < -0.4 is 11.1 Å². The van der Waals surface area contributed by atoms with E-state index < -0.39 is 0 Å². The van der Waals surface area contributed by atoms with Crippen LogP contribution in [0.2, 0.25) is 5.02 Å². The number of likely N-dealkylation sites (N-methyl/N-ethyl adjacent to an activating group) is 1. The van der Waals surface area contributed by atoms with Crippen molar-refractivity contribution in [2.75, 3.05) is 24.6 Å². The Kier molecular flexibility index (Phi) is 4.65. The summed E-state index contributed by atoms with van der Waals surface area (Å²) in [6.07, 6.45) is 3.27. The second kappa shape index (κ2) is 6.45. The van der Waals surface area contributed by atoms with Gasteiger partial charge in [0, 0.05) is 17.8 Å². The lowest BCUT2D eigenvalue weighted by atomic mass is 10.2. The molecule has 0 bridgehead atoms. The maximum Gasteiger partial charge on any atom is 0.238 e. The highest BCUT2D eigenvalue weighted by Crippen LogP contribution is 2.22. The van der Waals surface area contributed by atoms with Gasteiger partial charge in [0.25, 0.3) is 0 Å². The van der Waals surface area contributed by atoms with Crippen molar-refractivity contribution in [1.82, 2.24) is 4.90 Å². The summed E-state index contributed by atoms with van der Waals surface area (Å²) in [5.41, 5.74) is 7.78. The molecule has 0 aliphatic carbocycles. The van der Waals surface area contributed by atoms with Crippen LogP contribution in [0.25, 0.3) is 0 Å². The van der Waals surface area contributed by atoms with Crippen LogP contribution in [0.4, 0.5) is 11.4 Å². The molecule has 1 amide bonds. The summed E-state index contributed by atoms with van der Waals surface area (Å²) in [5.74, 6) is -0.113. The van der Waals surface area contributed by atoms with Gasteiger partial charge in [-0.05, 0) is 31.3 Å². The molecule has 1 aromatic heterocycles. The van der Waals surface area contributed by atoms with Gasteiger partial charge >= 0.3 is 0 Å². The van der Waals surface area contributed by atoms with E-state index in [0.29, 0.717) is 22.9 Å². The lowest BCUT2D eigenvalue weighted by Gasteiger charge is -2.15. The molecule has 3 N–H and O–H groups in total. The first-order valence-corrected chi connectivity index (χ1v) is 6.47. The van der Waals surface area contributed by atoms with E-state index in [1.165, 1.54) is 0 Å². The molecule has 0 aliphatic rings. The Hall–Kier alpha value is -1.98. The van der Waals surface area contributed by atoms with Crippen LogP contribution in [0, 0.1) is 0 Å². The molecule has 106 valence electrons. The number of nitrogens with one attached hydrogen (secondary N) is 1. The average molecular weight is 294 g/mol. The number of halogens is 1. The second-order valence-corrected chi connectivity index (χ2v) is 5.00. The van der Waals surface area contributed by atoms with Gasteiger partial charge in [-0.25, -0.2) is 0 Å². The molecular weight excluding hydrogens is 278 g/mol. The van der Waals surface area contributed by atoms with Crippen LogP contribution in [0.1, 0.15) is 5.56 Å². The minimum Gasteiger partial charge on any atom is -0.472 e. The van der Waals surface area contributed by atoms with Crippen molar-refractivity contribution in [3.63, 3.8) is 0 Å². The standard InChI is InChI=1S/C14H16ClN3O2/c1-18(7-10-4-5-20-9-10)8-14(19)17-11-2-3-12(15)13(16)6-11/h2-6,9H,7-8,16H2,1H3,(H,17,19). The maximum absolute atomic E-state index is 11.9.